The molecule has 32 valence electrons. The van der Waals surface area contributed by atoms with Crippen LogP contribution < -0.4 is 0 Å². The summed E-state index contributed by atoms with van der Waals surface area (Å²) in [6, 6.07) is 2.15. The van der Waals surface area contributed by atoms with E-state index in [0.29, 0.717) is 14.5 Å². The first-order valence-corrected chi connectivity index (χ1v) is 4.63. The van der Waals surface area contributed by atoms with Crippen LogP contribution in [0.2, 0.25) is 0 Å². The van der Waals surface area contributed by atoms with Gasteiger partial charge in [-0.05, 0) is 0 Å². The van der Waals surface area contributed by atoms with E-state index in [4.69, 9.17) is 0 Å². The van der Waals surface area contributed by atoms with Crippen LogP contribution in [0.25, 0.3) is 0 Å². The molecule has 0 aromatic carbocycles. The molecule has 0 amide bonds. The second-order valence-electron chi connectivity index (χ2n) is 0.942. The number of hydrogen-bond donors (Lipinski definition) is 0. The summed E-state index contributed by atoms with van der Waals surface area (Å²) in [4.78, 5) is 4.47. The van der Waals surface area contributed by atoms with Gasteiger partial charge in [0.1, 0.15) is 0 Å². The molecular weight excluding hydrogens is 254 g/mol. The van der Waals surface area contributed by atoms with Gasteiger partial charge in [0.15, 0.2) is 0 Å². The Bertz CT molecular complexity index is 111. The molecular formula is C4H3ISe. The zero-order chi connectivity index (χ0) is 4.41. The van der Waals surface area contributed by atoms with Gasteiger partial charge in [0, 0.05) is 0 Å². The zero-order valence-corrected chi connectivity index (χ0v) is 6.89. The molecule has 0 nitrogen and oxygen atoms in total. The van der Waals surface area contributed by atoms with E-state index in [1.54, 1.807) is 0 Å². The van der Waals surface area contributed by atoms with Crippen molar-refractivity contribution in [2.24, 2.45) is 0 Å². The first-order valence-electron chi connectivity index (χ1n) is 1.57. The van der Waals surface area contributed by atoms with Crippen LogP contribution in [0.15, 0.2) is 15.9 Å². The molecule has 0 saturated heterocycles. The average molecular weight is 257 g/mol. The molecule has 0 fully saturated rings. The predicted molar refractivity (Wildman–Crippen MR) is 36.1 cm³/mol. The van der Waals surface area contributed by atoms with Gasteiger partial charge in [-0.2, -0.15) is 0 Å². The van der Waals surface area contributed by atoms with E-state index in [1.165, 1.54) is 3.57 Å². The Balaban J connectivity index is 3.05. The SMILES string of the molecule is Ic1cc[se]c1. The summed E-state index contributed by atoms with van der Waals surface area (Å²) >= 11 is 3.01. The molecule has 0 atom stereocenters. The van der Waals surface area contributed by atoms with Crippen LogP contribution in [0.3, 0.4) is 0 Å². The molecule has 0 radical (unpaired) electrons. The van der Waals surface area contributed by atoms with Crippen molar-refractivity contribution in [1.82, 2.24) is 0 Å². The first-order chi connectivity index (χ1) is 2.89. The van der Waals surface area contributed by atoms with E-state index < -0.39 is 0 Å². The van der Waals surface area contributed by atoms with E-state index in [1.807, 2.05) is 0 Å². The Labute approximate surface area is 56.5 Å². The minimum absolute atomic E-state index is 0.691. The van der Waals surface area contributed by atoms with Gasteiger partial charge in [-0.15, -0.1) is 0 Å². The third kappa shape index (κ3) is 1.10. The van der Waals surface area contributed by atoms with E-state index in [9.17, 15) is 0 Å². The molecule has 0 saturated carbocycles. The Kier molecular flexibility index (Phi) is 1.74. The maximum atomic E-state index is 2.32. The summed E-state index contributed by atoms with van der Waals surface area (Å²) in [5, 5.41) is 0. The standard InChI is InChI=1S/C4H3ISe/c5-4-1-2-6-3-4/h1-3H. The molecule has 0 bridgehead atoms. The molecule has 0 aliphatic heterocycles. The van der Waals surface area contributed by atoms with Gasteiger partial charge < -0.3 is 0 Å². The second-order valence-corrected chi connectivity index (χ2v) is 3.82. The summed E-state index contributed by atoms with van der Waals surface area (Å²) in [6.45, 7) is 0. The first kappa shape index (κ1) is 4.88. The van der Waals surface area contributed by atoms with Crippen molar-refractivity contribution in [2.75, 3.05) is 0 Å². The molecule has 1 aromatic rings. The van der Waals surface area contributed by atoms with Gasteiger partial charge in [0.05, 0.1) is 0 Å². The monoisotopic (exact) mass is 258 g/mol. The summed E-state index contributed by atoms with van der Waals surface area (Å²) in [5.41, 5.74) is 0. The normalized spacial score (nSPS) is 8.83. The van der Waals surface area contributed by atoms with Crippen molar-refractivity contribution in [3.63, 3.8) is 0 Å². The third-order valence-electron chi connectivity index (χ3n) is 0.486. The summed E-state index contributed by atoms with van der Waals surface area (Å²) in [6.07, 6.45) is 0. The quantitative estimate of drug-likeness (QED) is 0.486. The van der Waals surface area contributed by atoms with Crippen LogP contribution in [0.1, 0.15) is 0 Å². The van der Waals surface area contributed by atoms with E-state index >= 15 is 0 Å². The van der Waals surface area contributed by atoms with Gasteiger partial charge in [-0.3, -0.25) is 0 Å². The van der Waals surface area contributed by atoms with E-state index in [0.717, 1.165) is 0 Å². The molecule has 1 heterocycles. The van der Waals surface area contributed by atoms with Crippen LogP contribution in [-0.4, -0.2) is 14.5 Å². The van der Waals surface area contributed by atoms with Gasteiger partial charge in [-0.25, -0.2) is 0 Å². The van der Waals surface area contributed by atoms with Crippen molar-refractivity contribution in [3.05, 3.63) is 19.5 Å². The van der Waals surface area contributed by atoms with E-state index in [2.05, 4.69) is 38.5 Å². The molecule has 0 N–H and O–H groups in total. The molecule has 0 aliphatic rings. The van der Waals surface area contributed by atoms with Crippen molar-refractivity contribution in [2.45, 2.75) is 0 Å². The van der Waals surface area contributed by atoms with Gasteiger partial charge in [0.2, 0.25) is 0 Å². The Morgan fingerprint density at radius 1 is 1.67 bits per heavy atom. The van der Waals surface area contributed by atoms with Crippen LogP contribution in [0, 0.1) is 3.57 Å². The summed E-state index contributed by atoms with van der Waals surface area (Å²) < 4.78 is 1.40. The fraction of sp³-hybridized carbons (Fsp3) is 0. The summed E-state index contributed by atoms with van der Waals surface area (Å²) in [7, 11) is 0. The molecule has 0 aliphatic carbocycles. The van der Waals surface area contributed by atoms with Gasteiger partial charge in [-0.1, -0.05) is 0 Å². The molecule has 1 rings (SSSR count). The molecule has 1 aromatic heterocycles. The predicted octanol–water partition coefficient (Wildman–Crippen LogP) is 1.35. The topological polar surface area (TPSA) is 0 Å². The fourth-order valence-electron chi connectivity index (χ4n) is 0.248. The van der Waals surface area contributed by atoms with E-state index in [-0.39, 0.29) is 0 Å². The molecule has 6 heavy (non-hydrogen) atoms. The second kappa shape index (κ2) is 2.15. The number of hydrogen-bond acceptors (Lipinski definition) is 0. The Morgan fingerprint density at radius 2 is 2.50 bits per heavy atom. The molecule has 0 unspecified atom stereocenters. The molecule has 0 spiro atoms. The zero-order valence-electron chi connectivity index (χ0n) is 3.02. The Hall–Kier alpha value is 0.729. The Morgan fingerprint density at radius 3 is 2.67 bits per heavy atom. The number of halogens is 1. The van der Waals surface area contributed by atoms with Crippen LogP contribution in [0.5, 0.6) is 0 Å². The van der Waals surface area contributed by atoms with Crippen LogP contribution in [-0.2, 0) is 0 Å². The van der Waals surface area contributed by atoms with Gasteiger partial charge in [0.25, 0.3) is 0 Å². The van der Waals surface area contributed by atoms with Crippen molar-refractivity contribution in [3.8, 4) is 0 Å². The third-order valence-corrected chi connectivity index (χ3v) is 3.54. The average Bonchev–Trinajstić information content (AvgIpc) is 1.86. The van der Waals surface area contributed by atoms with Crippen molar-refractivity contribution >= 4 is 37.1 Å². The van der Waals surface area contributed by atoms with Crippen LogP contribution >= 0.6 is 22.6 Å². The summed E-state index contributed by atoms with van der Waals surface area (Å²) in [5.74, 6) is 0. The molecule has 2 heteroatoms. The maximum absolute atomic E-state index is 2.32. The van der Waals surface area contributed by atoms with Crippen molar-refractivity contribution < 1.29 is 0 Å². The van der Waals surface area contributed by atoms with Crippen LogP contribution in [0.4, 0.5) is 0 Å². The van der Waals surface area contributed by atoms with Gasteiger partial charge >= 0.3 is 56.6 Å². The van der Waals surface area contributed by atoms with Crippen molar-refractivity contribution in [1.29, 1.82) is 0 Å². The minimum atomic E-state index is 0.691. The fourth-order valence-corrected chi connectivity index (χ4v) is 2.81. The number of rotatable bonds is 0.